The summed E-state index contributed by atoms with van der Waals surface area (Å²) in [4.78, 5) is 16.4. The van der Waals surface area contributed by atoms with Gasteiger partial charge in [-0.3, -0.25) is 4.79 Å². The molecule has 1 heterocycles. The van der Waals surface area contributed by atoms with Crippen LogP contribution < -0.4 is 9.47 Å². The minimum absolute atomic E-state index is 0.0493. The number of rotatable bonds is 7. The standard InChI is InChI=1S/C29H26FNO4S/c1-3-33-29(32)22-15-21(22)17-4-6-18(7-5-17)34-26-12-9-20-25(13-10-23(30)28(20)26)35-19-8-11-24-27(14-19)36-16(2)31-24/h4-8,10-11,13-14,21-22,26H,3,9,12,15H2,1-2H3/t21-,22+,26-/m1/s1. The fourth-order valence-electron chi connectivity index (χ4n) is 5.10. The van der Waals surface area contributed by atoms with Gasteiger partial charge in [-0.15, -0.1) is 11.3 Å². The van der Waals surface area contributed by atoms with Crippen molar-refractivity contribution in [3.63, 3.8) is 0 Å². The van der Waals surface area contributed by atoms with Gasteiger partial charge < -0.3 is 14.2 Å². The molecule has 3 atom stereocenters. The smallest absolute Gasteiger partial charge is 0.309 e. The maximum atomic E-state index is 14.9. The van der Waals surface area contributed by atoms with E-state index in [1.165, 1.54) is 6.07 Å². The Kier molecular flexibility index (Phi) is 5.88. The molecule has 0 amide bonds. The lowest BCUT2D eigenvalue weighted by molar-refractivity contribution is -0.144. The first-order chi connectivity index (χ1) is 17.5. The second kappa shape index (κ2) is 9.21. The number of esters is 1. The van der Waals surface area contributed by atoms with Crippen molar-refractivity contribution in [3.05, 3.63) is 82.1 Å². The van der Waals surface area contributed by atoms with E-state index in [-0.39, 0.29) is 29.7 Å². The van der Waals surface area contributed by atoms with Crippen molar-refractivity contribution in [1.29, 1.82) is 0 Å². The molecular weight excluding hydrogens is 477 g/mol. The van der Waals surface area contributed by atoms with Crippen molar-refractivity contribution < 1.29 is 23.4 Å². The highest BCUT2D eigenvalue weighted by Crippen LogP contribution is 2.49. The Morgan fingerprint density at radius 3 is 2.72 bits per heavy atom. The number of nitrogens with zero attached hydrogens (tertiary/aromatic N) is 1. The normalized spacial score (nSPS) is 20.2. The first-order valence-electron chi connectivity index (χ1n) is 12.3. The van der Waals surface area contributed by atoms with Crippen LogP contribution in [0.4, 0.5) is 4.39 Å². The number of benzene rings is 3. The van der Waals surface area contributed by atoms with E-state index < -0.39 is 0 Å². The SMILES string of the molecule is CCOC(=O)[C@H]1C[C@@H]1c1ccc(O[C@@H]2CCc3c(Oc4ccc5nc(C)sc5c4)ccc(F)c32)cc1. The summed E-state index contributed by atoms with van der Waals surface area (Å²) in [5.74, 6) is 1.80. The Morgan fingerprint density at radius 2 is 1.92 bits per heavy atom. The van der Waals surface area contributed by atoms with E-state index in [0.29, 0.717) is 42.3 Å². The van der Waals surface area contributed by atoms with E-state index >= 15 is 0 Å². The van der Waals surface area contributed by atoms with Crippen LogP contribution in [0.25, 0.3) is 10.2 Å². The maximum absolute atomic E-state index is 14.9. The van der Waals surface area contributed by atoms with Gasteiger partial charge in [-0.25, -0.2) is 9.37 Å². The zero-order valence-electron chi connectivity index (χ0n) is 20.1. The molecule has 0 saturated heterocycles. The van der Waals surface area contributed by atoms with Gasteiger partial charge >= 0.3 is 5.97 Å². The van der Waals surface area contributed by atoms with Crippen LogP contribution in [0.5, 0.6) is 17.2 Å². The highest BCUT2D eigenvalue weighted by molar-refractivity contribution is 7.18. The van der Waals surface area contributed by atoms with Crippen molar-refractivity contribution in [2.24, 2.45) is 5.92 Å². The molecule has 3 aromatic carbocycles. The van der Waals surface area contributed by atoms with Crippen molar-refractivity contribution in [2.75, 3.05) is 6.61 Å². The highest BCUT2D eigenvalue weighted by Gasteiger charge is 2.45. The lowest BCUT2D eigenvalue weighted by atomic mass is 10.1. The van der Waals surface area contributed by atoms with Crippen molar-refractivity contribution in [1.82, 2.24) is 4.98 Å². The number of hydrogen-bond donors (Lipinski definition) is 0. The van der Waals surface area contributed by atoms with E-state index in [4.69, 9.17) is 14.2 Å². The van der Waals surface area contributed by atoms with Gasteiger partial charge in [0.1, 0.15) is 29.2 Å². The Hall–Kier alpha value is -3.45. The summed E-state index contributed by atoms with van der Waals surface area (Å²) in [5, 5.41) is 1.01. The third-order valence-corrected chi connectivity index (χ3v) is 7.83. The van der Waals surface area contributed by atoms with Gasteiger partial charge in [0, 0.05) is 17.2 Å². The van der Waals surface area contributed by atoms with Crippen molar-refractivity contribution in [2.45, 2.75) is 45.1 Å². The molecule has 5 nitrogen and oxygen atoms in total. The minimum Gasteiger partial charge on any atom is -0.486 e. The van der Waals surface area contributed by atoms with Crippen LogP contribution in [0.3, 0.4) is 0 Å². The predicted molar refractivity (Wildman–Crippen MR) is 136 cm³/mol. The number of ether oxygens (including phenoxy) is 3. The van der Waals surface area contributed by atoms with E-state index in [1.807, 2.05) is 56.3 Å². The summed E-state index contributed by atoms with van der Waals surface area (Å²) in [5.41, 5.74) is 3.47. The molecule has 1 aromatic heterocycles. The average molecular weight is 504 g/mol. The first kappa shape index (κ1) is 23.0. The predicted octanol–water partition coefficient (Wildman–Crippen LogP) is 7.27. The van der Waals surface area contributed by atoms with Crippen LogP contribution >= 0.6 is 11.3 Å². The topological polar surface area (TPSA) is 57.7 Å². The molecule has 0 aliphatic heterocycles. The molecule has 0 bridgehead atoms. The fraction of sp³-hybridized carbons (Fsp3) is 0.310. The average Bonchev–Trinajstić information content (AvgIpc) is 3.42. The number of carbonyl (C=O) groups is 1. The molecule has 0 radical (unpaired) electrons. The Morgan fingerprint density at radius 1 is 1.11 bits per heavy atom. The van der Waals surface area contributed by atoms with E-state index in [2.05, 4.69) is 4.98 Å². The fourth-order valence-corrected chi connectivity index (χ4v) is 5.95. The highest BCUT2D eigenvalue weighted by atomic mass is 32.1. The third kappa shape index (κ3) is 4.32. The van der Waals surface area contributed by atoms with Crippen LogP contribution in [0.15, 0.2) is 54.6 Å². The quantitative estimate of drug-likeness (QED) is 0.248. The van der Waals surface area contributed by atoms with Crippen molar-refractivity contribution >= 4 is 27.5 Å². The summed E-state index contributed by atoms with van der Waals surface area (Å²) >= 11 is 1.62. The van der Waals surface area contributed by atoms with Crippen molar-refractivity contribution in [3.8, 4) is 17.2 Å². The minimum atomic E-state index is -0.380. The second-order valence-corrected chi connectivity index (χ2v) is 10.6. The lowest BCUT2D eigenvalue weighted by Crippen LogP contribution is -2.07. The number of fused-ring (bicyclic) bond motifs is 2. The van der Waals surface area contributed by atoms with Gasteiger partial charge in [0.05, 0.1) is 27.7 Å². The molecule has 2 aliphatic rings. The van der Waals surface area contributed by atoms with Crippen LogP contribution in [0.1, 0.15) is 53.5 Å². The Balaban J connectivity index is 1.18. The zero-order chi connectivity index (χ0) is 24.8. The van der Waals surface area contributed by atoms with Gasteiger partial charge in [-0.2, -0.15) is 0 Å². The molecule has 4 aromatic rings. The van der Waals surface area contributed by atoms with Crippen LogP contribution in [-0.4, -0.2) is 17.6 Å². The molecule has 36 heavy (non-hydrogen) atoms. The number of carbonyl (C=O) groups excluding carboxylic acids is 1. The largest absolute Gasteiger partial charge is 0.486 e. The van der Waals surface area contributed by atoms with Crippen LogP contribution in [0.2, 0.25) is 0 Å². The second-order valence-electron chi connectivity index (χ2n) is 9.32. The molecule has 7 heteroatoms. The number of hydrogen-bond acceptors (Lipinski definition) is 6. The Labute approximate surface area is 212 Å². The lowest BCUT2D eigenvalue weighted by Gasteiger charge is -2.17. The van der Waals surface area contributed by atoms with Gasteiger partial charge in [-0.05, 0) is 81.0 Å². The number of halogens is 1. The molecule has 0 spiro atoms. The van der Waals surface area contributed by atoms with Gasteiger partial charge in [0.25, 0.3) is 0 Å². The first-order valence-corrected chi connectivity index (χ1v) is 13.1. The summed E-state index contributed by atoms with van der Waals surface area (Å²) in [6, 6.07) is 16.8. The third-order valence-electron chi connectivity index (χ3n) is 6.90. The molecule has 6 rings (SSSR count). The summed E-state index contributed by atoms with van der Waals surface area (Å²) in [6.07, 6.45) is 1.79. The van der Waals surface area contributed by atoms with Gasteiger partial charge in [-0.1, -0.05) is 12.1 Å². The molecule has 1 saturated carbocycles. The molecular formula is C29H26FNO4S. The van der Waals surface area contributed by atoms with Gasteiger partial charge in [0.15, 0.2) is 0 Å². The summed E-state index contributed by atoms with van der Waals surface area (Å²) < 4.78 is 33.6. The summed E-state index contributed by atoms with van der Waals surface area (Å²) in [7, 11) is 0. The van der Waals surface area contributed by atoms with Gasteiger partial charge in [0.2, 0.25) is 0 Å². The monoisotopic (exact) mass is 503 g/mol. The van der Waals surface area contributed by atoms with E-state index in [9.17, 15) is 9.18 Å². The molecule has 184 valence electrons. The number of aryl methyl sites for hydroxylation is 1. The number of aromatic nitrogens is 1. The summed E-state index contributed by atoms with van der Waals surface area (Å²) in [6.45, 7) is 4.21. The van der Waals surface area contributed by atoms with E-state index in [1.54, 1.807) is 17.4 Å². The number of thiazole rings is 1. The maximum Gasteiger partial charge on any atom is 0.309 e. The molecule has 0 N–H and O–H groups in total. The van der Waals surface area contributed by atoms with Crippen LogP contribution in [0, 0.1) is 18.7 Å². The molecule has 0 unspecified atom stereocenters. The molecule has 2 aliphatic carbocycles. The van der Waals surface area contributed by atoms with E-state index in [0.717, 1.165) is 32.8 Å². The Bertz CT molecular complexity index is 1450. The van der Waals surface area contributed by atoms with Crippen LogP contribution in [-0.2, 0) is 16.0 Å². The zero-order valence-corrected chi connectivity index (χ0v) is 20.9. The molecule has 1 fully saturated rings.